The highest BCUT2D eigenvalue weighted by molar-refractivity contribution is 7.99. The van der Waals surface area contributed by atoms with Crippen LogP contribution in [0.4, 0.5) is 0 Å². The van der Waals surface area contributed by atoms with Gasteiger partial charge in [-0.25, -0.2) is 4.98 Å². The van der Waals surface area contributed by atoms with E-state index in [9.17, 15) is 4.79 Å². The first-order valence-electron chi connectivity index (χ1n) is 10.3. The molecule has 0 saturated heterocycles. The summed E-state index contributed by atoms with van der Waals surface area (Å²) in [5.41, 5.74) is 2.08. The van der Waals surface area contributed by atoms with Gasteiger partial charge in [-0.2, -0.15) is 0 Å². The lowest BCUT2D eigenvalue weighted by Crippen LogP contribution is -2.28. The summed E-state index contributed by atoms with van der Waals surface area (Å²) in [7, 11) is 0. The number of para-hydroxylation sites is 1. The maximum Gasteiger partial charge on any atom is 0.267 e. The molecule has 0 N–H and O–H groups in total. The molecule has 0 saturated carbocycles. The second-order valence-electron chi connectivity index (χ2n) is 8.38. The first-order valence-corrected chi connectivity index (χ1v) is 12.1. The van der Waals surface area contributed by atoms with Crippen LogP contribution in [-0.4, -0.2) is 21.4 Å². The SMILES string of the molecule is CC(C)CCSc1nc2sc3c(c2c(=O)n1-c1ccccc1)C[C@H](C(C)C)OC3. The lowest BCUT2D eigenvalue weighted by atomic mass is 9.96. The van der Waals surface area contributed by atoms with Crippen LogP contribution in [0.1, 0.15) is 44.6 Å². The molecule has 1 aliphatic heterocycles. The predicted octanol–water partition coefficient (Wildman–Crippen LogP) is 5.68. The van der Waals surface area contributed by atoms with Crippen LogP contribution in [0.5, 0.6) is 0 Å². The van der Waals surface area contributed by atoms with E-state index in [-0.39, 0.29) is 11.7 Å². The molecule has 0 fully saturated rings. The van der Waals surface area contributed by atoms with Gasteiger partial charge in [0.2, 0.25) is 0 Å². The second kappa shape index (κ2) is 8.62. The highest BCUT2D eigenvalue weighted by Gasteiger charge is 2.28. The number of benzene rings is 1. The van der Waals surface area contributed by atoms with Crippen LogP contribution in [0.15, 0.2) is 40.3 Å². The average molecular weight is 429 g/mol. The van der Waals surface area contributed by atoms with Gasteiger partial charge in [-0.15, -0.1) is 11.3 Å². The first kappa shape index (κ1) is 20.6. The third-order valence-electron chi connectivity index (χ3n) is 5.40. The van der Waals surface area contributed by atoms with Gasteiger partial charge in [0.25, 0.3) is 5.56 Å². The summed E-state index contributed by atoms with van der Waals surface area (Å²) in [6.45, 7) is 9.38. The molecule has 0 spiro atoms. The van der Waals surface area contributed by atoms with Crippen molar-refractivity contribution in [3.8, 4) is 5.69 Å². The highest BCUT2D eigenvalue weighted by Crippen LogP contribution is 2.36. The molecular formula is C23H28N2O2S2. The van der Waals surface area contributed by atoms with Crippen molar-refractivity contribution in [1.29, 1.82) is 0 Å². The van der Waals surface area contributed by atoms with Gasteiger partial charge in [0.05, 0.1) is 23.8 Å². The molecule has 1 aliphatic rings. The van der Waals surface area contributed by atoms with Gasteiger partial charge in [-0.05, 0) is 36.0 Å². The molecule has 0 amide bonds. The van der Waals surface area contributed by atoms with E-state index in [0.29, 0.717) is 18.4 Å². The van der Waals surface area contributed by atoms with Crippen LogP contribution < -0.4 is 5.56 Å². The van der Waals surface area contributed by atoms with E-state index >= 15 is 0 Å². The van der Waals surface area contributed by atoms with E-state index in [0.717, 1.165) is 50.1 Å². The third kappa shape index (κ3) is 4.16. The van der Waals surface area contributed by atoms with Gasteiger partial charge >= 0.3 is 0 Å². The Balaban J connectivity index is 1.86. The molecule has 4 nitrogen and oxygen atoms in total. The third-order valence-corrected chi connectivity index (χ3v) is 7.47. The van der Waals surface area contributed by atoms with Crippen molar-refractivity contribution >= 4 is 33.3 Å². The molecule has 154 valence electrons. The normalized spacial score (nSPS) is 16.7. The fourth-order valence-electron chi connectivity index (χ4n) is 3.62. The molecule has 6 heteroatoms. The largest absolute Gasteiger partial charge is 0.372 e. The van der Waals surface area contributed by atoms with E-state index in [1.807, 2.05) is 30.3 Å². The first-order chi connectivity index (χ1) is 14.0. The average Bonchev–Trinajstić information content (AvgIpc) is 3.06. The Hall–Kier alpha value is -1.63. The van der Waals surface area contributed by atoms with Crippen molar-refractivity contribution in [1.82, 2.24) is 9.55 Å². The zero-order chi connectivity index (χ0) is 20.5. The zero-order valence-electron chi connectivity index (χ0n) is 17.5. The molecular weight excluding hydrogens is 400 g/mol. The Morgan fingerprint density at radius 2 is 2.00 bits per heavy atom. The fourth-order valence-corrected chi connectivity index (χ4v) is 6.04. The van der Waals surface area contributed by atoms with Crippen LogP contribution in [0, 0.1) is 11.8 Å². The lowest BCUT2D eigenvalue weighted by Gasteiger charge is -2.26. The quantitative estimate of drug-likeness (QED) is 0.374. The smallest absolute Gasteiger partial charge is 0.267 e. The minimum absolute atomic E-state index is 0.0511. The van der Waals surface area contributed by atoms with Crippen molar-refractivity contribution in [2.75, 3.05) is 5.75 Å². The highest BCUT2D eigenvalue weighted by atomic mass is 32.2. The lowest BCUT2D eigenvalue weighted by molar-refractivity contribution is 0.00200. The summed E-state index contributed by atoms with van der Waals surface area (Å²) in [5.74, 6) is 2.00. The van der Waals surface area contributed by atoms with Gasteiger partial charge in [0.15, 0.2) is 5.16 Å². The van der Waals surface area contributed by atoms with Crippen molar-refractivity contribution in [2.45, 2.75) is 58.4 Å². The van der Waals surface area contributed by atoms with Gasteiger partial charge in [-0.3, -0.25) is 9.36 Å². The minimum Gasteiger partial charge on any atom is -0.372 e. The maximum absolute atomic E-state index is 13.7. The van der Waals surface area contributed by atoms with Crippen molar-refractivity contribution < 1.29 is 4.74 Å². The van der Waals surface area contributed by atoms with Gasteiger partial charge in [0, 0.05) is 17.1 Å². The molecule has 3 heterocycles. The van der Waals surface area contributed by atoms with Crippen LogP contribution >= 0.6 is 23.1 Å². The number of rotatable bonds is 6. The monoisotopic (exact) mass is 428 g/mol. The number of thioether (sulfide) groups is 1. The van der Waals surface area contributed by atoms with E-state index in [1.165, 1.54) is 0 Å². The van der Waals surface area contributed by atoms with E-state index in [1.54, 1.807) is 27.7 Å². The number of thiophene rings is 1. The molecule has 0 bridgehead atoms. The molecule has 1 atom stereocenters. The van der Waals surface area contributed by atoms with Crippen LogP contribution in [0.25, 0.3) is 15.9 Å². The Kier molecular flexibility index (Phi) is 6.13. The van der Waals surface area contributed by atoms with Crippen molar-refractivity contribution in [2.24, 2.45) is 11.8 Å². The molecule has 1 aromatic carbocycles. The standard InChI is InChI=1S/C23H28N2O2S2/c1-14(2)10-11-28-23-24-21-20(22(26)25(23)16-8-6-5-7-9-16)17-12-18(15(3)4)27-13-19(17)29-21/h5-9,14-15,18H,10-13H2,1-4H3/t18-/m1/s1. The zero-order valence-corrected chi connectivity index (χ0v) is 19.1. The van der Waals surface area contributed by atoms with Crippen molar-refractivity contribution in [3.05, 3.63) is 51.1 Å². The minimum atomic E-state index is 0.0511. The number of hydrogen-bond donors (Lipinski definition) is 0. The Morgan fingerprint density at radius 3 is 2.69 bits per heavy atom. The maximum atomic E-state index is 13.7. The number of nitrogens with zero attached hydrogens (tertiary/aromatic N) is 2. The fraction of sp³-hybridized carbons (Fsp3) is 0.478. The molecule has 29 heavy (non-hydrogen) atoms. The topological polar surface area (TPSA) is 44.1 Å². The second-order valence-corrected chi connectivity index (χ2v) is 10.5. The summed E-state index contributed by atoms with van der Waals surface area (Å²) in [6.07, 6.45) is 2.04. The summed E-state index contributed by atoms with van der Waals surface area (Å²) in [4.78, 5) is 20.7. The van der Waals surface area contributed by atoms with Crippen LogP contribution in [0.3, 0.4) is 0 Å². The summed E-state index contributed by atoms with van der Waals surface area (Å²) < 4.78 is 7.85. The number of hydrogen-bond acceptors (Lipinski definition) is 5. The molecule has 0 unspecified atom stereocenters. The van der Waals surface area contributed by atoms with Gasteiger partial charge in [-0.1, -0.05) is 57.7 Å². The summed E-state index contributed by atoms with van der Waals surface area (Å²) in [6, 6.07) is 9.89. The number of aromatic nitrogens is 2. The predicted molar refractivity (Wildman–Crippen MR) is 123 cm³/mol. The number of ether oxygens (including phenoxy) is 1. The molecule has 2 aromatic heterocycles. The Morgan fingerprint density at radius 1 is 1.24 bits per heavy atom. The van der Waals surface area contributed by atoms with Crippen LogP contribution in [0.2, 0.25) is 0 Å². The molecule has 0 aliphatic carbocycles. The number of fused-ring (bicyclic) bond motifs is 3. The molecule has 0 radical (unpaired) electrons. The van der Waals surface area contributed by atoms with Gasteiger partial charge in [0.1, 0.15) is 4.83 Å². The van der Waals surface area contributed by atoms with Crippen molar-refractivity contribution in [3.63, 3.8) is 0 Å². The van der Waals surface area contributed by atoms with E-state index in [2.05, 4.69) is 27.7 Å². The Bertz CT molecular complexity index is 1050. The molecule has 3 aromatic rings. The van der Waals surface area contributed by atoms with E-state index in [4.69, 9.17) is 9.72 Å². The Labute approximate surface area is 180 Å². The molecule has 4 rings (SSSR count). The van der Waals surface area contributed by atoms with E-state index < -0.39 is 0 Å². The van der Waals surface area contributed by atoms with Gasteiger partial charge < -0.3 is 4.74 Å². The van der Waals surface area contributed by atoms with Crippen LogP contribution in [-0.2, 0) is 17.8 Å². The summed E-state index contributed by atoms with van der Waals surface area (Å²) >= 11 is 3.30. The summed E-state index contributed by atoms with van der Waals surface area (Å²) in [5, 5.41) is 1.57.